The third kappa shape index (κ3) is 34.6. The van der Waals surface area contributed by atoms with Gasteiger partial charge in [-0.15, -0.1) is 0 Å². The smallest absolute Gasteiger partial charge is 0.550 e. The van der Waals surface area contributed by atoms with Gasteiger partial charge in [0.25, 0.3) is 0 Å². The normalized spacial score (nSPS) is 12.7. The Balaban J connectivity index is -0.000000139. The summed E-state index contributed by atoms with van der Waals surface area (Å²) in [4.78, 5) is 41.3. The Kier molecular flexibility index (Phi) is 43.8. The maximum atomic E-state index is 10.3. The summed E-state index contributed by atoms with van der Waals surface area (Å²) in [6.07, 6.45) is 14.1. The van der Waals surface area contributed by atoms with Crippen LogP contribution in [-0.2, 0) is 38.7 Å². The van der Waals surface area contributed by atoms with Crippen LogP contribution in [0.5, 0.6) is 0 Å². The van der Waals surface area contributed by atoms with Crippen LogP contribution in [0.15, 0.2) is 0 Å². The van der Waals surface area contributed by atoms with Gasteiger partial charge in [0.1, 0.15) is 0 Å². The Morgan fingerprint density at radius 1 is 0.390 bits per heavy atom. The minimum Gasteiger partial charge on any atom is -0.550 e. The summed E-state index contributed by atoms with van der Waals surface area (Å²) >= 11 is 0. The average Bonchev–Trinajstić information content (AvgIpc) is 2.91. The van der Waals surface area contributed by atoms with Crippen molar-refractivity contribution in [3.8, 4) is 0 Å². The Morgan fingerprint density at radius 2 is 0.537 bits per heavy atom. The molecule has 0 rings (SSSR count). The molecule has 238 valence electrons. The Labute approximate surface area is 264 Å². The largest absolute Gasteiger partial charge is 4.00 e. The van der Waals surface area contributed by atoms with Crippen LogP contribution in [-0.4, -0.2) is 23.9 Å². The van der Waals surface area contributed by atoms with E-state index in [-0.39, 0.29) is 43.1 Å². The molecule has 4 unspecified atom stereocenters. The molecule has 0 aliphatic carbocycles. The van der Waals surface area contributed by atoms with E-state index in [2.05, 4.69) is 27.7 Å². The van der Waals surface area contributed by atoms with E-state index >= 15 is 0 Å². The van der Waals surface area contributed by atoms with Crippen LogP contribution >= 0.6 is 0 Å². The van der Waals surface area contributed by atoms with Gasteiger partial charge in [0, 0.05) is 23.9 Å². The quantitative estimate of drug-likeness (QED) is 0.182. The fourth-order valence-corrected chi connectivity index (χ4v) is 3.76. The molecule has 0 aromatic rings. The molecule has 0 amide bonds. The molecule has 0 heterocycles. The summed E-state index contributed by atoms with van der Waals surface area (Å²) < 4.78 is 0. The molecular weight excluding hydrogens is 578 g/mol. The molecule has 4 atom stereocenters. The number of aliphatic carboxylic acids is 4. The van der Waals surface area contributed by atoms with Gasteiger partial charge < -0.3 is 39.6 Å². The topological polar surface area (TPSA) is 161 Å². The predicted octanol–water partition coefficient (Wildman–Crippen LogP) is 3.81. The number of carbonyl (C=O) groups excluding carboxylic acids is 4. The zero-order valence-corrected chi connectivity index (χ0v) is 30.6. The fraction of sp³-hybridized carbons (Fsp3) is 0.875. The zero-order chi connectivity index (χ0) is 31.9. The summed E-state index contributed by atoms with van der Waals surface area (Å²) in [6.45, 7) is 15.8. The maximum Gasteiger partial charge on any atom is 4.00 e. The first kappa shape index (κ1) is 49.2. The van der Waals surface area contributed by atoms with Gasteiger partial charge in [-0.2, -0.15) is 0 Å². The number of rotatable bonds is 20. The molecule has 0 aromatic heterocycles. The monoisotopic (exact) mass is 636 g/mol. The number of carboxylic acids is 4. The van der Waals surface area contributed by atoms with Gasteiger partial charge in [0.2, 0.25) is 0 Å². The number of unbranched alkanes of at least 4 members (excludes halogenated alkanes) is 4. The molecule has 41 heavy (non-hydrogen) atoms. The predicted molar refractivity (Wildman–Crippen MR) is 153 cm³/mol. The standard InChI is InChI=1S/4C8H16O2.Zn/c4*1-3-5-6-7(4-2)8(9)10;/h4*7H,3-6H2,1-2H3,(H,9,10);/q;;;;+4/p-4. The van der Waals surface area contributed by atoms with Crippen molar-refractivity contribution in [2.75, 3.05) is 0 Å². The number of hydrogen-bond donors (Lipinski definition) is 0. The summed E-state index contributed by atoms with van der Waals surface area (Å²) in [7, 11) is 0. The SMILES string of the molecule is CCCCC(CC)C(=O)[O-].CCCCC(CC)C(=O)[O-].CCCCC(CC)C(=O)[O-].CCCCC(CC)C(=O)[O-].[Zn+4]. The third-order valence-electron chi connectivity index (χ3n) is 6.93. The van der Waals surface area contributed by atoms with Crippen molar-refractivity contribution in [2.45, 2.75) is 158 Å². The van der Waals surface area contributed by atoms with E-state index in [9.17, 15) is 39.6 Å². The van der Waals surface area contributed by atoms with Gasteiger partial charge in [-0.25, -0.2) is 0 Å². The molecule has 9 heteroatoms. The molecule has 0 spiro atoms. The van der Waals surface area contributed by atoms with Crippen LogP contribution in [0, 0.1) is 23.7 Å². The third-order valence-corrected chi connectivity index (χ3v) is 6.93. The summed E-state index contributed by atoms with van der Waals surface area (Å²) in [5.74, 6) is -4.46. The second kappa shape index (κ2) is 36.5. The molecule has 0 fully saturated rings. The zero-order valence-electron chi connectivity index (χ0n) is 27.6. The van der Waals surface area contributed by atoms with E-state index < -0.39 is 23.9 Å². The van der Waals surface area contributed by atoms with E-state index in [0.29, 0.717) is 25.7 Å². The first-order valence-corrected chi connectivity index (χ1v) is 15.7. The van der Waals surface area contributed by atoms with Gasteiger partial charge in [-0.1, -0.05) is 107 Å². The minimum absolute atomic E-state index is 0. The van der Waals surface area contributed by atoms with E-state index in [1.807, 2.05) is 27.7 Å². The molecule has 0 aliphatic heterocycles. The van der Waals surface area contributed by atoms with Crippen LogP contribution in [0.1, 0.15) is 158 Å². The van der Waals surface area contributed by atoms with Crippen molar-refractivity contribution >= 4 is 23.9 Å². The van der Waals surface area contributed by atoms with E-state index in [0.717, 1.165) is 77.0 Å². The van der Waals surface area contributed by atoms with Crippen molar-refractivity contribution in [3.05, 3.63) is 0 Å². The maximum absolute atomic E-state index is 10.3. The van der Waals surface area contributed by atoms with Crippen molar-refractivity contribution in [2.24, 2.45) is 23.7 Å². The molecule has 0 bridgehead atoms. The van der Waals surface area contributed by atoms with E-state index in [1.54, 1.807) is 0 Å². The molecule has 8 nitrogen and oxygen atoms in total. The molecule has 0 saturated heterocycles. The average molecular weight is 638 g/mol. The van der Waals surface area contributed by atoms with Gasteiger partial charge in [0.05, 0.1) is 0 Å². The molecule has 0 N–H and O–H groups in total. The Bertz CT molecular complexity index is 509. The van der Waals surface area contributed by atoms with Gasteiger partial charge in [-0.05, 0) is 75.0 Å². The van der Waals surface area contributed by atoms with Gasteiger partial charge in [-0.3, -0.25) is 0 Å². The van der Waals surface area contributed by atoms with Crippen LogP contribution in [0.3, 0.4) is 0 Å². The van der Waals surface area contributed by atoms with E-state index in [4.69, 9.17) is 0 Å². The van der Waals surface area contributed by atoms with E-state index in [1.165, 1.54) is 0 Å². The summed E-state index contributed by atoms with van der Waals surface area (Å²) in [6, 6.07) is 0. The van der Waals surface area contributed by atoms with Crippen LogP contribution in [0.2, 0.25) is 0 Å². The van der Waals surface area contributed by atoms with Gasteiger partial charge in [0.15, 0.2) is 0 Å². The molecule has 0 aliphatic rings. The van der Waals surface area contributed by atoms with Crippen molar-refractivity contribution in [3.63, 3.8) is 0 Å². The second-order valence-electron chi connectivity index (χ2n) is 10.3. The second-order valence-corrected chi connectivity index (χ2v) is 10.3. The van der Waals surface area contributed by atoms with Crippen LogP contribution in [0.4, 0.5) is 0 Å². The summed E-state index contributed by atoms with van der Waals surface area (Å²) in [5.41, 5.74) is 0. The Hall–Kier alpha value is -1.50. The first-order chi connectivity index (χ1) is 18.9. The van der Waals surface area contributed by atoms with Crippen molar-refractivity contribution in [1.82, 2.24) is 0 Å². The van der Waals surface area contributed by atoms with Crippen molar-refractivity contribution in [1.29, 1.82) is 0 Å². The minimum atomic E-state index is -0.893. The molecule has 0 saturated carbocycles. The number of carbonyl (C=O) groups is 4. The van der Waals surface area contributed by atoms with Crippen LogP contribution < -0.4 is 20.4 Å². The first-order valence-electron chi connectivity index (χ1n) is 15.7. The fourth-order valence-electron chi connectivity index (χ4n) is 3.76. The molecular formula is C32H60O8Zn. The van der Waals surface area contributed by atoms with Crippen molar-refractivity contribution < 1.29 is 59.1 Å². The van der Waals surface area contributed by atoms with Crippen LogP contribution in [0.25, 0.3) is 0 Å². The Morgan fingerprint density at radius 3 is 0.610 bits per heavy atom. The summed E-state index contributed by atoms with van der Waals surface area (Å²) in [5, 5.41) is 41.3. The molecule has 0 aromatic carbocycles. The molecule has 0 radical (unpaired) electrons. The number of carboxylic acid groups (broad SMARTS) is 4. The number of hydrogen-bond acceptors (Lipinski definition) is 8. The van der Waals surface area contributed by atoms with Gasteiger partial charge >= 0.3 is 19.5 Å².